The van der Waals surface area contributed by atoms with Crippen LogP contribution >= 0.6 is 0 Å². The lowest BCUT2D eigenvalue weighted by atomic mass is 9.72. The molecule has 11 heteroatoms. The van der Waals surface area contributed by atoms with E-state index in [9.17, 15) is 32.3 Å². The lowest BCUT2D eigenvalue weighted by Crippen LogP contribution is -2.69. The number of anilines is 1. The number of Topliss-reactive ketones (excluding diaryl/α,β-unsaturated/α-hetero) is 1. The van der Waals surface area contributed by atoms with Gasteiger partial charge in [-0.15, -0.1) is 0 Å². The highest BCUT2D eigenvalue weighted by atomic mass is 19.3. The van der Waals surface area contributed by atoms with Gasteiger partial charge in [0.1, 0.15) is 17.1 Å². The van der Waals surface area contributed by atoms with Crippen LogP contribution in [0.5, 0.6) is 0 Å². The molecule has 2 atom stereocenters. The van der Waals surface area contributed by atoms with Crippen molar-refractivity contribution < 1.29 is 32.3 Å². The molecule has 0 saturated heterocycles. The third-order valence-corrected chi connectivity index (χ3v) is 7.11. The number of rotatable bonds is 6. The summed E-state index contributed by atoms with van der Waals surface area (Å²) in [4.78, 5) is 51.5. The molecule has 1 aliphatic heterocycles. The van der Waals surface area contributed by atoms with Gasteiger partial charge in [0.15, 0.2) is 0 Å². The van der Waals surface area contributed by atoms with E-state index in [2.05, 4.69) is 16.0 Å². The number of benzene rings is 1. The summed E-state index contributed by atoms with van der Waals surface area (Å²) < 4.78 is 42.2. The summed E-state index contributed by atoms with van der Waals surface area (Å²) in [6, 6.07) is 5.25. The molecule has 2 aromatic rings. The number of amides is 3. The molecule has 0 bridgehead atoms. The van der Waals surface area contributed by atoms with Gasteiger partial charge in [-0.3, -0.25) is 19.2 Å². The van der Waals surface area contributed by atoms with Crippen molar-refractivity contribution >= 4 is 29.2 Å². The fraction of sp³-hybridized carbons (Fsp3) is 0.417. The molecule has 2 aliphatic carbocycles. The Hall–Kier alpha value is -3.63. The van der Waals surface area contributed by atoms with E-state index in [1.165, 1.54) is 31.3 Å². The fourth-order valence-corrected chi connectivity index (χ4v) is 5.42. The van der Waals surface area contributed by atoms with E-state index in [4.69, 9.17) is 0 Å². The molecule has 35 heavy (non-hydrogen) atoms. The number of hydrogen-bond acceptors (Lipinski definition) is 4. The van der Waals surface area contributed by atoms with Gasteiger partial charge in [-0.25, -0.2) is 13.2 Å². The lowest BCUT2D eigenvalue weighted by Gasteiger charge is -2.45. The highest BCUT2D eigenvalue weighted by Gasteiger charge is 2.62. The quantitative estimate of drug-likeness (QED) is 0.429. The molecule has 1 aromatic heterocycles. The highest BCUT2D eigenvalue weighted by Crippen LogP contribution is 2.54. The van der Waals surface area contributed by atoms with E-state index >= 15 is 0 Å². The summed E-state index contributed by atoms with van der Waals surface area (Å²) in [6.45, 7) is 1.55. The number of ketones is 1. The zero-order valence-corrected chi connectivity index (χ0v) is 19.0. The number of alkyl halides is 2. The minimum absolute atomic E-state index is 0.0322. The second-order valence-electron chi connectivity index (χ2n) is 9.55. The first-order valence-corrected chi connectivity index (χ1v) is 11.2. The van der Waals surface area contributed by atoms with Crippen molar-refractivity contribution in [2.24, 2.45) is 5.92 Å². The third kappa shape index (κ3) is 3.69. The van der Waals surface area contributed by atoms with Crippen LogP contribution in [0.1, 0.15) is 57.4 Å². The summed E-state index contributed by atoms with van der Waals surface area (Å²) in [5.74, 6) is -6.80. The first kappa shape index (κ1) is 23.1. The highest BCUT2D eigenvalue weighted by molar-refractivity contribution is 6.44. The number of likely N-dealkylation sites (N-methyl/N-ethyl adjacent to an activating group) is 1. The molecule has 0 radical (unpaired) electrons. The van der Waals surface area contributed by atoms with Gasteiger partial charge in [0.05, 0.1) is 5.56 Å². The van der Waals surface area contributed by atoms with Crippen molar-refractivity contribution in [2.75, 3.05) is 12.4 Å². The average Bonchev–Trinajstić information content (AvgIpc) is 3.36. The second kappa shape index (κ2) is 7.69. The molecular weight excluding hydrogens is 465 g/mol. The molecule has 5 rings (SSSR count). The van der Waals surface area contributed by atoms with Gasteiger partial charge >= 0.3 is 0 Å². The monoisotopic (exact) mass is 488 g/mol. The van der Waals surface area contributed by atoms with Crippen LogP contribution in [-0.4, -0.2) is 46.6 Å². The number of aromatic nitrogens is 1. The van der Waals surface area contributed by atoms with Crippen LogP contribution in [0.25, 0.3) is 0 Å². The fourth-order valence-electron chi connectivity index (χ4n) is 5.42. The van der Waals surface area contributed by atoms with E-state index in [0.29, 0.717) is 17.8 Å². The summed E-state index contributed by atoms with van der Waals surface area (Å²) >= 11 is 0. The molecule has 2 saturated carbocycles. The molecule has 0 spiro atoms. The van der Waals surface area contributed by atoms with E-state index in [-0.39, 0.29) is 28.8 Å². The maximum Gasteiger partial charge on any atom is 0.293 e. The van der Waals surface area contributed by atoms with Gasteiger partial charge in [-0.05, 0) is 55.5 Å². The number of halogens is 3. The third-order valence-electron chi connectivity index (χ3n) is 7.11. The van der Waals surface area contributed by atoms with Crippen LogP contribution < -0.4 is 16.0 Å². The Balaban J connectivity index is 1.44. The van der Waals surface area contributed by atoms with E-state index in [0.717, 1.165) is 6.42 Å². The zero-order valence-electron chi connectivity index (χ0n) is 19.0. The van der Waals surface area contributed by atoms with Crippen molar-refractivity contribution in [3.8, 4) is 0 Å². The molecule has 2 unspecified atom stereocenters. The van der Waals surface area contributed by atoms with Crippen molar-refractivity contribution in [3.63, 3.8) is 0 Å². The van der Waals surface area contributed by atoms with Gasteiger partial charge in [-0.2, -0.15) is 0 Å². The normalized spacial score (nSPS) is 22.3. The molecule has 3 amide bonds. The van der Waals surface area contributed by atoms with E-state index in [1.807, 2.05) is 0 Å². The summed E-state index contributed by atoms with van der Waals surface area (Å²) in [7, 11) is 1.26. The number of carbonyl (C=O) groups is 4. The van der Waals surface area contributed by atoms with E-state index in [1.54, 1.807) is 11.5 Å². The second-order valence-corrected chi connectivity index (χ2v) is 9.55. The van der Waals surface area contributed by atoms with E-state index < -0.39 is 53.6 Å². The predicted octanol–water partition coefficient (Wildman–Crippen LogP) is 2.52. The Morgan fingerprint density at radius 1 is 1.09 bits per heavy atom. The molecular formula is C24H23F3N4O4. The lowest BCUT2D eigenvalue weighted by molar-refractivity contribution is -0.164. The van der Waals surface area contributed by atoms with Crippen LogP contribution in [0.15, 0.2) is 24.3 Å². The van der Waals surface area contributed by atoms with Crippen LogP contribution in [0, 0.1) is 18.7 Å². The molecule has 3 N–H and O–H groups in total. The Kier molecular flexibility index (Phi) is 5.08. The Labute approximate surface area is 198 Å². The van der Waals surface area contributed by atoms with Crippen LogP contribution in [0.4, 0.5) is 18.9 Å². The minimum Gasteiger partial charge on any atom is -0.357 e. The first-order valence-electron chi connectivity index (χ1n) is 11.2. The topological polar surface area (TPSA) is 109 Å². The molecule has 8 nitrogen and oxygen atoms in total. The smallest absolute Gasteiger partial charge is 0.293 e. The van der Waals surface area contributed by atoms with Crippen LogP contribution in [-0.2, 0) is 16.0 Å². The molecule has 1 aromatic carbocycles. The summed E-state index contributed by atoms with van der Waals surface area (Å²) in [5, 5.41) is 7.18. The van der Waals surface area contributed by atoms with Gasteiger partial charge in [-0.1, -0.05) is 0 Å². The Morgan fingerprint density at radius 3 is 2.34 bits per heavy atom. The van der Waals surface area contributed by atoms with Gasteiger partial charge < -0.3 is 20.5 Å². The molecule has 2 heterocycles. The largest absolute Gasteiger partial charge is 0.357 e. The van der Waals surface area contributed by atoms with Gasteiger partial charge in [0.2, 0.25) is 5.91 Å². The number of hydrogen-bond donors (Lipinski definition) is 3. The number of fused-ring (bicyclic) bond motifs is 3. The summed E-state index contributed by atoms with van der Waals surface area (Å²) in [5.41, 5.74) is -0.397. The standard InChI is InChI=1S/C24H23F3N4O4/c1-11-17(19(32)21(34)30-23(22(35)28-2)9-24(26,27)10-23)16-8-12-7-15(12)31(16)18(11)20(33)29-14-5-3-13(25)4-6-14/h3-6,12,15H,7-10H2,1-2H3,(H,28,35)(H,29,33)(H,30,34). The van der Waals surface area contributed by atoms with Crippen molar-refractivity contribution in [1.29, 1.82) is 0 Å². The SMILES string of the molecule is CNC(=O)C1(NC(=O)C(=O)c2c(C)c(C(=O)Nc3ccc(F)cc3)n3c2CC2CC23)CC(F)(F)C1. The van der Waals surface area contributed by atoms with Crippen molar-refractivity contribution in [1.82, 2.24) is 15.2 Å². The molecule has 184 valence electrons. The predicted molar refractivity (Wildman–Crippen MR) is 118 cm³/mol. The number of nitrogens with one attached hydrogen (secondary N) is 3. The van der Waals surface area contributed by atoms with Gasteiger partial charge in [0, 0.05) is 37.3 Å². The molecule has 3 aliphatic rings. The summed E-state index contributed by atoms with van der Waals surface area (Å²) in [6.07, 6.45) is -0.461. The maximum absolute atomic E-state index is 13.6. The van der Waals surface area contributed by atoms with Gasteiger partial charge in [0.25, 0.3) is 23.5 Å². The Morgan fingerprint density at radius 2 is 1.74 bits per heavy atom. The molecule has 2 fully saturated rings. The van der Waals surface area contributed by atoms with Crippen molar-refractivity contribution in [2.45, 2.75) is 50.1 Å². The maximum atomic E-state index is 13.6. The first-order chi connectivity index (χ1) is 16.5. The minimum atomic E-state index is -3.12. The Bertz CT molecular complexity index is 1280. The number of nitrogens with zero attached hydrogens (tertiary/aromatic N) is 1. The average molecular weight is 488 g/mol. The van der Waals surface area contributed by atoms with Crippen LogP contribution in [0.3, 0.4) is 0 Å². The van der Waals surface area contributed by atoms with Crippen molar-refractivity contribution in [3.05, 3.63) is 52.6 Å². The van der Waals surface area contributed by atoms with Crippen LogP contribution in [0.2, 0.25) is 0 Å². The number of carbonyl (C=O) groups excluding carboxylic acids is 4. The zero-order chi connectivity index (χ0) is 25.3.